The number of nitrogens with one attached hydrogen (secondary N) is 1. The van der Waals surface area contributed by atoms with Crippen LogP contribution in [0.1, 0.15) is 43.7 Å². The Balaban J connectivity index is 1.62. The Kier molecular flexibility index (Phi) is 5.23. The highest BCUT2D eigenvalue weighted by atomic mass is 32.2. The molecule has 1 N–H and O–H groups in total. The van der Waals surface area contributed by atoms with E-state index >= 15 is 0 Å². The zero-order chi connectivity index (χ0) is 17.1. The molecule has 0 radical (unpaired) electrons. The van der Waals surface area contributed by atoms with Gasteiger partial charge < -0.3 is 9.73 Å². The highest BCUT2D eigenvalue weighted by Crippen LogP contribution is 2.27. The second kappa shape index (κ2) is 7.38. The molecule has 1 fully saturated rings. The SMILES string of the molecule is Cc1ccc(-c2nnc(S[C@@H](C)C(=O)NC3CCCC3)o2)cc1C. The molecule has 3 rings (SSSR count). The van der Waals surface area contributed by atoms with Crippen molar-refractivity contribution in [1.82, 2.24) is 15.5 Å². The summed E-state index contributed by atoms with van der Waals surface area (Å²) in [6.07, 6.45) is 4.58. The summed E-state index contributed by atoms with van der Waals surface area (Å²) in [5, 5.41) is 11.4. The average molecular weight is 345 g/mol. The van der Waals surface area contributed by atoms with Crippen LogP contribution < -0.4 is 5.32 Å². The molecule has 1 heterocycles. The van der Waals surface area contributed by atoms with E-state index in [-0.39, 0.29) is 11.2 Å². The molecule has 1 aromatic heterocycles. The number of benzene rings is 1. The van der Waals surface area contributed by atoms with E-state index in [2.05, 4.69) is 29.4 Å². The molecule has 1 atom stereocenters. The van der Waals surface area contributed by atoms with Crippen molar-refractivity contribution in [3.05, 3.63) is 29.3 Å². The minimum Gasteiger partial charge on any atom is -0.411 e. The number of nitrogens with zero attached hydrogens (tertiary/aromatic N) is 2. The van der Waals surface area contributed by atoms with Gasteiger partial charge in [-0.15, -0.1) is 10.2 Å². The molecule has 0 bridgehead atoms. The van der Waals surface area contributed by atoms with Gasteiger partial charge in [-0.2, -0.15) is 0 Å². The number of carbonyl (C=O) groups excluding carboxylic acids is 1. The number of aromatic nitrogens is 2. The van der Waals surface area contributed by atoms with Gasteiger partial charge >= 0.3 is 0 Å². The van der Waals surface area contributed by atoms with Gasteiger partial charge in [0.15, 0.2) is 0 Å². The van der Waals surface area contributed by atoms with Crippen LogP contribution in [0, 0.1) is 13.8 Å². The van der Waals surface area contributed by atoms with Crippen molar-refractivity contribution in [2.24, 2.45) is 0 Å². The topological polar surface area (TPSA) is 68.0 Å². The molecule has 0 aliphatic heterocycles. The summed E-state index contributed by atoms with van der Waals surface area (Å²) in [4.78, 5) is 12.2. The molecule has 1 aliphatic carbocycles. The van der Waals surface area contributed by atoms with Gasteiger partial charge in [0.1, 0.15) is 0 Å². The minimum absolute atomic E-state index is 0.0397. The van der Waals surface area contributed by atoms with Gasteiger partial charge in [0.25, 0.3) is 5.22 Å². The molecule has 5 nitrogen and oxygen atoms in total. The predicted molar refractivity (Wildman–Crippen MR) is 94.9 cm³/mol. The standard InChI is InChI=1S/C18H23N3O2S/c1-11-8-9-14(10-12(11)2)17-20-21-18(23-17)24-13(3)16(22)19-15-6-4-5-7-15/h8-10,13,15H,4-7H2,1-3H3,(H,19,22)/t13-/m0/s1. The van der Waals surface area contributed by atoms with Gasteiger partial charge in [-0.05, 0) is 56.9 Å². The van der Waals surface area contributed by atoms with Gasteiger partial charge in [0, 0.05) is 11.6 Å². The number of thioether (sulfide) groups is 1. The maximum absolute atomic E-state index is 12.2. The number of aryl methyl sites for hydroxylation is 2. The highest BCUT2D eigenvalue weighted by molar-refractivity contribution is 8.00. The van der Waals surface area contributed by atoms with Gasteiger partial charge in [-0.25, -0.2) is 0 Å². The second-order valence-electron chi connectivity index (χ2n) is 6.42. The molecule has 1 aromatic carbocycles. The fraction of sp³-hybridized carbons (Fsp3) is 0.500. The summed E-state index contributed by atoms with van der Waals surface area (Å²) in [6, 6.07) is 6.38. The second-order valence-corrected chi connectivity index (χ2v) is 7.71. The number of rotatable bonds is 5. The van der Waals surface area contributed by atoms with Gasteiger partial charge in [-0.1, -0.05) is 30.7 Å². The first kappa shape index (κ1) is 17.0. The minimum atomic E-state index is -0.251. The fourth-order valence-corrected chi connectivity index (χ4v) is 3.53. The van der Waals surface area contributed by atoms with Crippen molar-refractivity contribution in [3.8, 4) is 11.5 Å². The van der Waals surface area contributed by atoms with Crippen LogP contribution in [0.4, 0.5) is 0 Å². The van der Waals surface area contributed by atoms with Gasteiger partial charge in [-0.3, -0.25) is 4.79 Å². The van der Waals surface area contributed by atoms with E-state index in [4.69, 9.17) is 4.42 Å². The van der Waals surface area contributed by atoms with Crippen molar-refractivity contribution in [2.45, 2.75) is 63.0 Å². The van der Waals surface area contributed by atoms with Crippen molar-refractivity contribution in [3.63, 3.8) is 0 Å². The number of hydrogen-bond acceptors (Lipinski definition) is 5. The zero-order valence-electron chi connectivity index (χ0n) is 14.3. The number of hydrogen-bond donors (Lipinski definition) is 1. The van der Waals surface area contributed by atoms with Crippen LogP contribution in [-0.4, -0.2) is 27.4 Å². The summed E-state index contributed by atoms with van der Waals surface area (Å²) in [5.41, 5.74) is 3.31. The molecule has 1 amide bonds. The Morgan fingerprint density at radius 1 is 1.25 bits per heavy atom. The van der Waals surface area contributed by atoms with E-state index in [1.165, 1.54) is 35.7 Å². The molecule has 2 aromatic rings. The largest absolute Gasteiger partial charge is 0.411 e. The van der Waals surface area contributed by atoms with Crippen LogP contribution in [0.5, 0.6) is 0 Å². The van der Waals surface area contributed by atoms with Crippen LogP contribution in [0.15, 0.2) is 27.8 Å². The van der Waals surface area contributed by atoms with Crippen LogP contribution in [0.25, 0.3) is 11.5 Å². The lowest BCUT2D eigenvalue weighted by atomic mass is 10.1. The Labute approximate surface area is 146 Å². The maximum Gasteiger partial charge on any atom is 0.277 e. The Hall–Kier alpha value is -1.82. The summed E-state index contributed by atoms with van der Waals surface area (Å²) in [7, 11) is 0. The lowest BCUT2D eigenvalue weighted by Crippen LogP contribution is -2.37. The quantitative estimate of drug-likeness (QED) is 0.833. The molecule has 24 heavy (non-hydrogen) atoms. The number of carbonyl (C=O) groups is 1. The van der Waals surface area contributed by atoms with Crippen molar-refractivity contribution >= 4 is 17.7 Å². The molecular formula is C18H23N3O2S. The van der Waals surface area contributed by atoms with Crippen molar-refractivity contribution in [1.29, 1.82) is 0 Å². The van der Waals surface area contributed by atoms with Crippen molar-refractivity contribution in [2.75, 3.05) is 0 Å². The third-order valence-electron chi connectivity index (χ3n) is 4.51. The maximum atomic E-state index is 12.2. The van der Waals surface area contributed by atoms with E-state index in [1.807, 2.05) is 25.1 Å². The lowest BCUT2D eigenvalue weighted by Gasteiger charge is -2.14. The normalized spacial score (nSPS) is 16.3. The molecule has 0 saturated heterocycles. The van der Waals surface area contributed by atoms with Crippen LogP contribution >= 0.6 is 11.8 Å². The molecular weight excluding hydrogens is 322 g/mol. The molecule has 0 unspecified atom stereocenters. The number of amides is 1. The molecule has 6 heteroatoms. The molecule has 0 spiro atoms. The van der Waals surface area contributed by atoms with Crippen molar-refractivity contribution < 1.29 is 9.21 Å². The third kappa shape index (κ3) is 3.98. The first-order valence-electron chi connectivity index (χ1n) is 8.41. The first-order chi connectivity index (χ1) is 11.5. The van der Waals surface area contributed by atoms with E-state index in [1.54, 1.807) is 0 Å². The van der Waals surface area contributed by atoms with Gasteiger partial charge in [0.2, 0.25) is 11.8 Å². The summed E-state index contributed by atoms with van der Waals surface area (Å²) in [5.74, 6) is 0.529. The van der Waals surface area contributed by atoms with E-state index in [0.717, 1.165) is 18.4 Å². The monoisotopic (exact) mass is 345 g/mol. The summed E-state index contributed by atoms with van der Waals surface area (Å²) < 4.78 is 5.72. The van der Waals surface area contributed by atoms with Crippen LogP contribution in [0.3, 0.4) is 0 Å². The third-order valence-corrected chi connectivity index (χ3v) is 5.44. The smallest absolute Gasteiger partial charge is 0.277 e. The molecule has 128 valence electrons. The van der Waals surface area contributed by atoms with Crippen LogP contribution in [0.2, 0.25) is 0 Å². The average Bonchev–Trinajstić information content (AvgIpc) is 3.22. The van der Waals surface area contributed by atoms with E-state index in [0.29, 0.717) is 17.2 Å². The predicted octanol–water partition coefficient (Wildman–Crippen LogP) is 3.89. The zero-order valence-corrected chi connectivity index (χ0v) is 15.2. The highest BCUT2D eigenvalue weighted by Gasteiger charge is 2.23. The molecule has 1 saturated carbocycles. The summed E-state index contributed by atoms with van der Waals surface area (Å²) in [6.45, 7) is 5.99. The Morgan fingerprint density at radius 2 is 2.00 bits per heavy atom. The van der Waals surface area contributed by atoms with E-state index < -0.39 is 0 Å². The Morgan fingerprint density at radius 3 is 2.71 bits per heavy atom. The fourth-order valence-electron chi connectivity index (χ4n) is 2.84. The lowest BCUT2D eigenvalue weighted by molar-refractivity contribution is -0.120. The van der Waals surface area contributed by atoms with E-state index in [9.17, 15) is 4.79 Å². The first-order valence-corrected chi connectivity index (χ1v) is 9.29. The summed E-state index contributed by atoms with van der Waals surface area (Å²) >= 11 is 1.31. The van der Waals surface area contributed by atoms with Gasteiger partial charge in [0.05, 0.1) is 5.25 Å². The Bertz CT molecular complexity index is 723. The molecule has 1 aliphatic rings. The van der Waals surface area contributed by atoms with Crippen LogP contribution in [-0.2, 0) is 4.79 Å².